The number of nitrogens with one attached hydrogen (secondary N) is 1. The zero-order chi connectivity index (χ0) is 12.1. The minimum absolute atomic E-state index is 0.293. The molecule has 1 aromatic carbocycles. The van der Waals surface area contributed by atoms with Gasteiger partial charge in [-0.2, -0.15) is 0 Å². The van der Waals surface area contributed by atoms with Crippen LogP contribution in [-0.4, -0.2) is 18.2 Å². The molecule has 1 aromatic rings. The van der Waals surface area contributed by atoms with Crippen molar-refractivity contribution in [3.63, 3.8) is 0 Å². The molecule has 0 aliphatic carbocycles. The van der Waals surface area contributed by atoms with Gasteiger partial charge in [0.1, 0.15) is 0 Å². The van der Waals surface area contributed by atoms with E-state index < -0.39 is 0 Å². The lowest BCUT2D eigenvalue weighted by molar-refractivity contribution is 0.140. The summed E-state index contributed by atoms with van der Waals surface area (Å²) in [7, 11) is 0. The van der Waals surface area contributed by atoms with E-state index in [2.05, 4.69) is 36.5 Å². The Morgan fingerprint density at radius 2 is 2.00 bits per heavy atom. The number of hydrogen-bond donors (Lipinski definition) is 2. The molecule has 0 radical (unpaired) electrons. The van der Waals surface area contributed by atoms with Crippen LogP contribution in [0.3, 0.4) is 0 Å². The molecule has 2 nitrogen and oxygen atoms in total. The van der Waals surface area contributed by atoms with Crippen molar-refractivity contribution in [1.82, 2.24) is 5.32 Å². The van der Waals surface area contributed by atoms with Crippen molar-refractivity contribution in [2.45, 2.75) is 38.7 Å². The molecule has 0 spiro atoms. The molecular formula is C15H23NO. The van der Waals surface area contributed by atoms with Crippen molar-refractivity contribution in [1.29, 1.82) is 0 Å². The van der Waals surface area contributed by atoms with E-state index in [1.165, 1.54) is 24.8 Å². The third-order valence-electron chi connectivity index (χ3n) is 3.71. The third-order valence-corrected chi connectivity index (χ3v) is 3.71. The summed E-state index contributed by atoms with van der Waals surface area (Å²) in [6.07, 6.45) is 4.30. The summed E-state index contributed by atoms with van der Waals surface area (Å²) >= 11 is 0. The summed E-state index contributed by atoms with van der Waals surface area (Å²) in [6, 6.07) is 8.25. The SMILES string of the molecule is Cc1ccc(C(O)CC2CCCNCC2)cc1. The van der Waals surface area contributed by atoms with Crippen molar-refractivity contribution < 1.29 is 5.11 Å². The number of benzene rings is 1. The molecule has 0 bridgehead atoms. The normalized spacial score (nSPS) is 23.1. The second-order valence-electron chi connectivity index (χ2n) is 5.21. The van der Waals surface area contributed by atoms with E-state index in [1.54, 1.807) is 0 Å². The number of hydrogen-bond acceptors (Lipinski definition) is 2. The molecule has 1 heterocycles. The van der Waals surface area contributed by atoms with Crippen molar-refractivity contribution in [2.75, 3.05) is 13.1 Å². The number of aryl methyl sites for hydroxylation is 1. The molecule has 17 heavy (non-hydrogen) atoms. The van der Waals surface area contributed by atoms with Crippen LogP contribution in [0, 0.1) is 12.8 Å². The van der Waals surface area contributed by atoms with Gasteiger partial charge in [-0.15, -0.1) is 0 Å². The second-order valence-corrected chi connectivity index (χ2v) is 5.21. The predicted molar refractivity (Wildman–Crippen MR) is 71.0 cm³/mol. The Morgan fingerprint density at radius 3 is 2.76 bits per heavy atom. The van der Waals surface area contributed by atoms with Gasteiger partial charge in [0.25, 0.3) is 0 Å². The summed E-state index contributed by atoms with van der Waals surface area (Å²) < 4.78 is 0. The van der Waals surface area contributed by atoms with E-state index in [1.807, 2.05) is 0 Å². The number of rotatable bonds is 3. The fraction of sp³-hybridized carbons (Fsp3) is 0.600. The van der Waals surface area contributed by atoms with Crippen LogP contribution in [0.1, 0.15) is 42.9 Å². The lowest BCUT2D eigenvalue weighted by Gasteiger charge is -2.18. The highest BCUT2D eigenvalue weighted by atomic mass is 16.3. The molecule has 2 atom stereocenters. The first-order chi connectivity index (χ1) is 8.25. The number of aliphatic hydroxyl groups is 1. The van der Waals surface area contributed by atoms with E-state index in [-0.39, 0.29) is 6.10 Å². The monoisotopic (exact) mass is 233 g/mol. The Balaban J connectivity index is 1.91. The van der Waals surface area contributed by atoms with Gasteiger partial charge in [-0.25, -0.2) is 0 Å². The smallest absolute Gasteiger partial charge is 0.0792 e. The Morgan fingerprint density at radius 1 is 1.24 bits per heavy atom. The molecule has 2 heteroatoms. The third kappa shape index (κ3) is 3.83. The van der Waals surface area contributed by atoms with Crippen LogP contribution >= 0.6 is 0 Å². The van der Waals surface area contributed by atoms with Gasteiger partial charge in [-0.1, -0.05) is 29.8 Å². The molecule has 2 rings (SSSR count). The average molecular weight is 233 g/mol. The van der Waals surface area contributed by atoms with Gasteiger partial charge in [0.05, 0.1) is 6.10 Å². The van der Waals surface area contributed by atoms with Crippen LogP contribution in [0.15, 0.2) is 24.3 Å². The minimum Gasteiger partial charge on any atom is -0.388 e. The van der Waals surface area contributed by atoms with Gasteiger partial charge in [-0.05, 0) is 57.2 Å². The summed E-state index contributed by atoms with van der Waals surface area (Å²) in [4.78, 5) is 0. The highest BCUT2D eigenvalue weighted by molar-refractivity contribution is 5.23. The van der Waals surface area contributed by atoms with Gasteiger partial charge in [-0.3, -0.25) is 0 Å². The maximum Gasteiger partial charge on any atom is 0.0792 e. The van der Waals surface area contributed by atoms with Crippen LogP contribution in [0.2, 0.25) is 0 Å². The van der Waals surface area contributed by atoms with Gasteiger partial charge in [0, 0.05) is 0 Å². The zero-order valence-electron chi connectivity index (χ0n) is 10.7. The maximum absolute atomic E-state index is 10.2. The van der Waals surface area contributed by atoms with Gasteiger partial charge in [0.15, 0.2) is 0 Å². The van der Waals surface area contributed by atoms with E-state index in [0.29, 0.717) is 5.92 Å². The quantitative estimate of drug-likeness (QED) is 0.841. The largest absolute Gasteiger partial charge is 0.388 e. The van der Waals surface area contributed by atoms with Gasteiger partial charge in [0.2, 0.25) is 0 Å². The number of aliphatic hydroxyl groups excluding tert-OH is 1. The molecule has 0 aromatic heterocycles. The van der Waals surface area contributed by atoms with Crippen molar-refractivity contribution in [2.24, 2.45) is 5.92 Å². The van der Waals surface area contributed by atoms with E-state index in [0.717, 1.165) is 25.1 Å². The Bertz CT molecular complexity index is 325. The second kappa shape index (κ2) is 6.18. The average Bonchev–Trinajstić information content (AvgIpc) is 2.58. The minimum atomic E-state index is -0.293. The highest BCUT2D eigenvalue weighted by Gasteiger charge is 2.17. The zero-order valence-corrected chi connectivity index (χ0v) is 10.7. The summed E-state index contributed by atoms with van der Waals surface area (Å²) in [6.45, 7) is 4.32. The molecule has 2 N–H and O–H groups in total. The molecule has 0 saturated carbocycles. The Labute approximate surface area is 104 Å². The molecule has 2 unspecified atom stereocenters. The maximum atomic E-state index is 10.2. The Kier molecular flexibility index (Phi) is 4.57. The topological polar surface area (TPSA) is 32.3 Å². The lowest BCUT2D eigenvalue weighted by Crippen LogP contribution is -2.14. The van der Waals surface area contributed by atoms with Crippen LogP contribution in [0.4, 0.5) is 0 Å². The van der Waals surface area contributed by atoms with E-state index in [9.17, 15) is 5.11 Å². The highest BCUT2D eigenvalue weighted by Crippen LogP contribution is 2.27. The molecular weight excluding hydrogens is 210 g/mol. The first-order valence-corrected chi connectivity index (χ1v) is 6.71. The fourth-order valence-electron chi connectivity index (χ4n) is 2.57. The van der Waals surface area contributed by atoms with Gasteiger partial charge < -0.3 is 10.4 Å². The first kappa shape index (κ1) is 12.6. The molecule has 1 saturated heterocycles. The van der Waals surface area contributed by atoms with Crippen LogP contribution in [-0.2, 0) is 0 Å². The lowest BCUT2D eigenvalue weighted by atomic mass is 9.91. The van der Waals surface area contributed by atoms with Crippen LogP contribution in [0.5, 0.6) is 0 Å². The molecule has 1 fully saturated rings. The molecule has 1 aliphatic heterocycles. The first-order valence-electron chi connectivity index (χ1n) is 6.71. The van der Waals surface area contributed by atoms with Gasteiger partial charge >= 0.3 is 0 Å². The Hall–Kier alpha value is -0.860. The van der Waals surface area contributed by atoms with Crippen LogP contribution in [0.25, 0.3) is 0 Å². The van der Waals surface area contributed by atoms with E-state index in [4.69, 9.17) is 0 Å². The van der Waals surface area contributed by atoms with Crippen molar-refractivity contribution in [3.05, 3.63) is 35.4 Å². The predicted octanol–water partition coefficient (Wildman–Crippen LogP) is 2.81. The molecule has 0 amide bonds. The molecule has 1 aliphatic rings. The van der Waals surface area contributed by atoms with Crippen molar-refractivity contribution in [3.8, 4) is 0 Å². The standard InChI is InChI=1S/C15H23NO/c1-12-4-6-14(7-5-12)15(17)11-13-3-2-9-16-10-8-13/h4-7,13,15-17H,2-3,8-11H2,1H3. The van der Waals surface area contributed by atoms with E-state index >= 15 is 0 Å². The van der Waals surface area contributed by atoms with Crippen molar-refractivity contribution >= 4 is 0 Å². The fourth-order valence-corrected chi connectivity index (χ4v) is 2.57. The summed E-state index contributed by atoms with van der Waals surface area (Å²) in [5.41, 5.74) is 2.31. The molecule has 94 valence electrons. The summed E-state index contributed by atoms with van der Waals surface area (Å²) in [5, 5.41) is 13.7. The summed E-state index contributed by atoms with van der Waals surface area (Å²) in [5.74, 6) is 0.668. The van der Waals surface area contributed by atoms with Crippen LogP contribution < -0.4 is 5.32 Å².